The molecule has 1 aromatic heterocycles. The highest BCUT2D eigenvalue weighted by molar-refractivity contribution is 5.42. The van der Waals surface area contributed by atoms with E-state index in [4.69, 9.17) is 0 Å². The molecule has 1 aromatic rings. The summed E-state index contributed by atoms with van der Waals surface area (Å²) >= 11 is 0. The van der Waals surface area contributed by atoms with Crippen molar-refractivity contribution in [1.29, 1.82) is 0 Å². The molecule has 100 valence electrons. The van der Waals surface area contributed by atoms with E-state index in [-0.39, 0.29) is 0 Å². The average molecular weight is 247 g/mol. The lowest BCUT2D eigenvalue weighted by atomic mass is 9.94. The SMILES string of the molecule is CCN(Cc1cccnc1NC)C1CCCCC1. The molecule has 3 nitrogen and oxygen atoms in total. The van der Waals surface area contributed by atoms with Crippen molar-refractivity contribution < 1.29 is 0 Å². The summed E-state index contributed by atoms with van der Waals surface area (Å²) in [5, 5.41) is 3.19. The van der Waals surface area contributed by atoms with E-state index in [2.05, 4.69) is 28.2 Å². The van der Waals surface area contributed by atoms with E-state index in [1.807, 2.05) is 19.3 Å². The zero-order chi connectivity index (χ0) is 12.8. The Bertz CT molecular complexity index is 359. The molecule has 1 heterocycles. The van der Waals surface area contributed by atoms with Gasteiger partial charge in [-0.05, 0) is 25.5 Å². The molecule has 1 saturated carbocycles. The molecule has 0 bridgehead atoms. The van der Waals surface area contributed by atoms with Crippen LogP contribution >= 0.6 is 0 Å². The molecule has 0 spiro atoms. The molecule has 0 unspecified atom stereocenters. The standard InChI is InChI=1S/C15H25N3/c1-3-18(14-9-5-4-6-10-14)12-13-8-7-11-17-15(13)16-2/h7-8,11,14H,3-6,9-10,12H2,1-2H3,(H,16,17). The summed E-state index contributed by atoms with van der Waals surface area (Å²) in [6.45, 7) is 4.41. The van der Waals surface area contributed by atoms with Crippen molar-refractivity contribution in [2.75, 3.05) is 18.9 Å². The molecule has 1 fully saturated rings. The van der Waals surface area contributed by atoms with Gasteiger partial charge in [0.05, 0.1) is 0 Å². The van der Waals surface area contributed by atoms with Gasteiger partial charge in [0.25, 0.3) is 0 Å². The molecule has 0 saturated heterocycles. The molecule has 18 heavy (non-hydrogen) atoms. The molecule has 0 atom stereocenters. The molecular formula is C15H25N3. The Balaban J connectivity index is 2.04. The summed E-state index contributed by atoms with van der Waals surface area (Å²) in [5.74, 6) is 1.02. The smallest absolute Gasteiger partial charge is 0.130 e. The highest BCUT2D eigenvalue weighted by Crippen LogP contribution is 2.24. The lowest BCUT2D eigenvalue weighted by Crippen LogP contribution is -2.36. The van der Waals surface area contributed by atoms with Crippen molar-refractivity contribution in [2.24, 2.45) is 0 Å². The van der Waals surface area contributed by atoms with Gasteiger partial charge in [0.1, 0.15) is 5.82 Å². The molecule has 0 amide bonds. The molecule has 0 aliphatic heterocycles. The maximum Gasteiger partial charge on any atom is 0.130 e. The summed E-state index contributed by atoms with van der Waals surface area (Å²) in [7, 11) is 1.95. The Labute approximate surface area is 111 Å². The minimum absolute atomic E-state index is 0.772. The van der Waals surface area contributed by atoms with Crippen molar-refractivity contribution in [3.05, 3.63) is 23.9 Å². The zero-order valence-electron chi connectivity index (χ0n) is 11.7. The van der Waals surface area contributed by atoms with Gasteiger partial charge >= 0.3 is 0 Å². The highest BCUT2D eigenvalue weighted by atomic mass is 15.2. The van der Waals surface area contributed by atoms with Gasteiger partial charge in [-0.2, -0.15) is 0 Å². The van der Waals surface area contributed by atoms with E-state index >= 15 is 0 Å². The van der Waals surface area contributed by atoms with Gasteiger partial charge in [-0.25, -0.2) is 4.98 Å². The summed E-state index contributed by atoms with van der Waals surface area (Å²) in [6.07, 6.45) is 8.79. The Morgan fingerprint density at radius 1 is 1.33 bits per heavy atom. The first-order valence-electron chi connectivity index (χ1n) is 7.20. The molecule has 0 radical (unpaired) electrons. The van der Waals surface area contributed by atoms with Crippen molar-refractivity contribution in [2.45, 2.75) is 51.6 Å². The number of anilines is 1. The second-order valence-electron chi connectivity index (χ2n) is 5.12. The Morgan fingerprint density at radius 3 is 2.78 bits per heavy atom. The lowest BCUT2D eigenvalue weighted by Gasteiger charge is -2.33. The summed E-state index contributed by atoms with van der Waals surface area (Å²) in [5.41, 5.74) is 1.31. The molecule has 3 heteroatoms. The van der Waals surface area contributed by atoms with Gasteiger partial charge in [-0.15, -0.1) is 0 Å². The van der Waals surface area contributed by atoms with Gasteiger partial charge in [0.2, 0.25) is 0 Å². The number of hydrogen-bond acceptors (Lipinski definition) is 3. The fourth-order valence-electron chi connectivity index (χ4n) is 2.96. The van der Waals surface area contributed by atoms with Crippen LogP contribution in [0.4, 0.5) is 5.82 Å². The highest BCUT2D eigenvalue weighted by Gasteiger charge is 2.20. The van der Waals surface area contributed by atoms with Gasteiger partial charge < -0.3 is 5.32 Å². The van der Waals surface area contributed by atoms with Crippen LogP contribution in [0.2, 0.25) is 0 Å². The summed E-state index contributed by atoms with van der Waals surface area (Å²) < 4.78 is 0. The first-order chi connectivity index (χ1) is 8.85. The lowest BCUT2D eigenvalue weighted by molar-refractivity contribution is 0.156. The van der Waals surface area contributed by atoms with Crippen LogP contribution in [0.25, 0.3) is 0 Å². The third-order valence-electron chi connectivity index (χ3n) is 4.00. The monoisotopic (exact) mass is 247 g/mol. The van der Waals surface area contributed by atoms with E-state index < -0.39 is 0 Å². The van der Waals surface area contributed by atoms with Crippen molar-refractivity contribution in [3.8, 4) is 0 Å². The fraction of sp³-hybridized carbons (Fsp3) is 0.667. The predicted octanol–water partition coefficient (Wildman–Crippen LogP) is 3.28. The second-order valence-corrected chi connectivity index (χ2v) is 5.12. The summed E-state index contributed by atoms with van der Waals surface area (Å²) in [4.78, 5) is 7.00. The largest absolute Gasteiger partial charge is 0.373 e. The molecule has 1 aliphatic rings. The first-order valence-corrected chi connectivity index (χ1v) is 7.20. The maximum atomic E-state index is 4.39. The molecule has 2 rings (SSSR count). The van der Waals surface area contributed by atoms with E-state index in [9.17, 15) is 0 Å². The number of nitrogens with one attached hydrogen (secondary N) is 1. The number of hydrogen-bond donors (Lipinski definition) is 1. The normalized spacial score (nSPS) is 17.1. The van der Waals surface area contributed by atoms with Crippen molar-refractivity contribution in [3.63, 3.8) is 0 Å². The fourth-order valence-corrected chi connectivity index (χ4v) is 2.96. The number of aromatic nitrogens is 1. The second kappa shape index (κ2) is 6.74. The Hall–Kier alpha value is -1.09. The van der Waals surface area contributed by atoms with Crippen LogP contribution < -0.4 is 5.32 Å². The number of pyridine rings is 1. The summed E-state index contributed by atoms with van der Waals surface area (Å²) in [6, 6.07) is 4.99. The van der Waals surface area contributed by atoms with Crippen LogP contribution in [-0.2, 0) is 6.54 Å². The maximum absolute atomic E-state index is 4.39. The van der Waals surface area contributed by atoms with Gasteiger partial charge in [-0.3, -0.25) is 4.90 Å². The molecule has 1 aliphatic carbocycles. The van der Waals surface area contributed by atoms with Crippen LogP contribution in [0.1, 0.15) is 44.6 Å². The van der Waals surface area contributed by atoms with Crippen LogP contribution in [0.15, 0.2) is 18.3 Å². The minimum Gasteiger partial charge on any atom is -0.373 e. The van der Waals surface area contributed by atoms with E-state index in [0.29, 0.717) is 0 Å². The van der Waals surface area contributed by atoms with Gasteiger partial charge in [-0.1, -0.05) is 32.3 Å². The van der Waals surface area contributed by atoms with Crippen LogP contribution in [0, 0.1) is 0 Å². The van der Waals surface area contributed by atoms with Crippen molar-refractivity contribution >= 4 is 5.82 Å². The van der Waals surface area contributed by atoms with Crippen molar-refractivity contribution in [1.82, 2.24) is 9.88 Å². The molecule has 0 aromatic carbocycles. The average Bonchev–Trinajstić information content (AvgIpc) is 2.46. The molecular weight excluding hydrogens is 222 g/mol. The third kappa shape index (κ3) is 3.22. The minimum atomic E-state index is 0.772. The zero-order valence-corrected chi connectivity index (χ0v) is 11.7. The van der Waals surface area contributed by atoms with Gasteiger partial charge in [0, 0.05) is 31.4 Å². The van der Waals surface area contributed by atoms with Gasteiger partial charge in [0.15, 0.2) is 0 Å². The molecule has 1 N–H and O–H groups in total. The van der Waals surface area contributed by atoms with E-state index in [0.717, 1.165) is 24.9 Å². The Morgan fingerprint density at radius 2 is 2.11 bits per heavy atom. The topological polar surface area (TPSA) is 28.2 Å². The first kappa shape index (κ1) is 13.3. The predicted molar refractivity (Wildman–Crippen MR) is 76.7 cm³/mol. The van der Waals surface area contributed by atoms with E-state index in [1.54, 1.807) is 0 Å². The van der Waals surface area contributed by atoms with E-state index in [1.165, 1.54) is 37.7 Å². The van der Waals surface area contributed by atoms with Crippen LogP contribution in [0.3, 0.4) is 0 Å². The van der Waals surface area contributed by atoms with Crippen LogP contribution in [-0.4, -0.2) is 29.5 Å². The van der Waals surface area contributed by atoms with Crippen LogP contribution in [0.5, 0.6) is 0 Å². The number of nitrogens with zero attached hydrogens (tertiary/aromatic N) is 2. The Kier molecular flexibility index (Phi) is 5.00. The third-order valence-corrected chi connectivity index (χ3v) is 4.00. The quantitative estimate of drug-likeness (QED) is 0.865. The number of rotatable bonds is 5.